The summed E-state index contributed by atoms with van der Waals surface area (Å²) in [5.74, 6) is 1.000. The highest BCUT2D eigenvalue weighted by Crippen LogP contribution is 2.31. The number of aromatic nitrogens is 3. The van der Waals surface area contributed by atoms with Gasteiger partial charge in [-0.15, -0.1) is 0 Å². The zero-order chi connectivity index (χ0) is 18.8. The number of imidazole rings is 1. The Balaban J connectivity index is 1.79. The monoisotopic (exact) mass is 360 g/mol. The maximum absolute atomic E-state index is 7.13. The molecule has 3 aromatic rings. The molecule has 1 aliphatic rings. The molecule has 3 heterocycles. The first-order valence-electron chi connectivity index (χ1n) is 9.44. The van der Waals surface area contributed by atoms with Crippen molar-refractivity contribution in [3.63, 3.8) is 0 Å². The van der Waals surface area contributed by atoms with Gasteiger partial charge in [-0.1, -0.05) is 18.2 Å². The number of nitrogens with one attached hydrogen (secondary N) is 1. The van der Waals surface area contributed by atoms with Crippen LogP contribution in [-0.4, -0.2) is 40.7 Å². The summed E-state index contributed by atoms with van der Waals surface area (Å²) in [5, 5.41) is 3.41. The minimum Gasteiger partial charge on any atom is -0.341 e. The van der Waals surface area contributed by atoms with Crippen LogP contribution in [0.2, 0.25) is 0 Å². The van der Waals surface area contributed by atoms with Crippen molar-refractivity contribution in [1.82, 2.24) is 19.9 Å². The summed E-state index contributed by atoms with van der Waals surface area (Å²) in [4.78, 5) is 15.3. The predicted octanol–water partition coefficient (Wildman–Crippen LogP) is 3.78. The fraction of sp³-hybridized carbons (Fsp3) is 0.381. The molecule has 2 atom stereocenters. The van der Waals surface area contributed by atoms with E-state index < -0.39 is 0 Å². The molecule has 4 rings (SSSR count). The number of benzene rings is 1. The molecular formula is C21H24N6. The Morgan fingerprint density at radius 2 is 2.11 bits per heavy atom. The van der Waals surface area contributed by atoms with E-state index in [-0.39, 0.29) is 6.04 Å². The van der Waals surface area contributed by atoms with E-state index in [0.29, 0.717) is 11.7 Å². The van der Waals surface area contributed by atoms with Crippen molar-refractivity contribution in [1.29, 1.82) is 0 Å². The van der Waals surface area contributed by atoms with Crippen LogP contribution in [0.5, 0.6) is 0 Å². The molecule has 0 amide bonds. The lowest BCUT2D eigenvalue weighted by Crippen LogP contribution is -2.45. The highest BCUT2D eigenvalue weighted by molar-refractivity contribution is 5.79. The van der Waals surface area contributed by atoms with E-state index in [4.69, 9.17) is 11.6 Å². The zero-order valence-electron chi connectivity index (χ0n) is 15.8. The van der Waals surface area contributed by atoms with E-state index in [1.165, 1.54) is 6.42 Å². The van der Waals surface area contributed by atoms with E-state index in [0.717, 1.165) is 42.2 Å². The van der Waals surface area contributed by atoms with Gasteiger partial charge in [0.05, 0.1) is 29.3 Å². The van der Waals surface area contributed by atoms with Crippen LogP contribution >= 0.6 is 0 Å². The van der Waals surface area contributed by atoms with Gasteiger partial charge in [0.15, 0.2) is 0 Å². The van der Waals surface area contributed by atoms with Crippen LogP contribution in [-0.2, 0) is 0 Å². The molecule has 0 saturated carbocycles. The fourth-order valence-electron chi connectivity index (χ4n) is 3.87. The molecule has 6 nitrogen and oxygen atoms in total. The smallest absolute Gasteiger partial charge is 0.207 e. The largest absolute Gasteiger partial charge is 0.341 e. The molecule has 0 aliphatic carbocycles. The first-order valence-corrected chi connectivity index (χ1v) is 9.44. The van der Waals surface area contributed by atoms with E-state index in [9.17, 15) is 0 Å². The lowest BCUT2D eigenvalue weighted by Gasteiger charge is -2.34. The summed E-state index contributed by atoms with van der Waals surface area (Å²) in [5.41, 5.74) is 3.62. The standard InChI is InChI=1S/C21H24N6/c1-15(18-11-10-16(22-2)13-24-18)27-20-9-5-4-8-19(20)25-21(27)26-12-6-7-17(14-26)23-3/h4-5,8-11,13,15,17,23H,6-7,12,14H2,1,3H3/t15-,17-/m0/s1. The zero-order valence-corrected chi connectivity index (χ0v) is 15.8. The van der Waals surface area contributed by atoms with Crippen LogP contribution < -0.4 is 10.2 Å². The number of piperidine rings is 1. The molecule has 1 aromatic carbocycles. The molecule has 138 valence electrons. The number of rotatable bonds is 4. The molecule has 0 bridgehead atoms. The molecule has 0 unspecified atom stereocenters. The van der Waals surface area contributed by atoms with Gasteiger partial charge in [0, 0.05) is 25.3 Å². The van der Waals surface area contributed by atoms with Crippen molar-refractivity contribution in [3.05, 3.63) is 59.7 Å². The molecule has 1 fully saturated rings. The Hall–Kier alpha value is -2.91. The maximum Gasteiger partial charge on any atom is 0.207 e. The van der Waals surface area contributed by atoms with E-state index >= 15 is 0 Å². The van der Waals surface area contributed by atoms with Crippen molar-refractivity contribution in [3.8, 4) is 0 Å². The maximum atomic E-state index is 7.13. The van der Waals surface area contributed by atoms with Gasteiger partial charge in [-0.05, 0) is 45.0 Å². The fourth-order valence-corrected chi connectivity index (χ4v) is 3.87. The number of pyridine rings is 1. The summed E-state index contributed by atoms with van der Waals surface area (Å²) in [6.45, 7) is 11.2. The number of para-hydroxylation sites is 2. The van der Waals surface area contributed by atoms with Crippen LogP contribution in [0.3, 0.4) is 0 Å². The Morgan fingerprint density at radius 1 is 1.26 bits per heavy atom. The van der Waals surface area contributed by atoms with E-state index in [2.05, 4.69) is 49.7 Å². The number of anilines is 1. The van der Waals surface area contributed by atoms with Crippen molar-refractivity contribution in [2.45, 2.75) is 31.8 Å². The van der Waals surface area contributed by atoms with Gasteiger partial charge < -0.3 is 14.8 Å². The highest BCUT2D eigenvalue weighted by atomic mass is 15.3. The molecule has 0 radical (unpaired) electrons. The van der Waals surface area contributed by atoms with Gasteiger partial charge in [-0.25, -0.2) is 9.83 Å². The third-order valence-corrected chi connectivity index (χ3v) is 5.40. The Morgan fingerprint density at radius 3 is 2.85 bits per heavy atom. The molecule has 2 aromatic heterocycles. The topological polar surface area (TPSA) is 50.3 Å². The first-order chi connectivity index (χ1) is 13.2. The molecule has 6 heteroatoms. The van der Waals surface area contributed by atoms with Crippen molar-refractivity contribution in [2.24, 2.45) is 0 Å². The van der Waals surface area contributed by atoms with Crippen molar-refractivity contribution in [2.75, 3.05) is 25.0 Å². The van der Waals surface area contributed by atoms with Crippen LogP contribution in [0.15, 0.2) is 42.6 Å². The minimum absolute atomic E-state index is 0.0298. The van der Waals surface area contributed by atoms with Crippen LogP contribution in [0, 0.1) is 6.57 Å². The average molecular weight is 360 g/mol. The second kappa shape index (κ2) is 7.37. The van der Waals surface area contributed by atoms with Gasteiger partial charge >= 0.3 is 0 Å². The number of fused-ring (bicyclic) bond motifs is 1. The van der Waals surface area contributed by atoms with Gasteiger partial charge in [0.25, 0.3) is 0 Å². The lowest BCUT2D eigenvalue weighted by molar-refractivity contribution is 0.440. The third-order valence-electron chi connectivity index (χ3n) is 5.40. The molecule has 27 heavy (non-hydrogen) atoms. The lowest BCUT2D eigenvalue weighted by atomic mass is 10.1. The number of likely N-dealkylation sites (N-methyl/N-ethyl adjacent to an activating group) is 1. The third kappa shape index (κ3) is 3.26. The second-order valence-electron chi connectivity index (χ2n) is 7.07. The van der Waals surface area contributed by atoms with Gasteiger partial charge in [-0.2, -0.15) is 0 Å². The molecule has 1 saturated heterocycles. The van der Waals surface area contributed by atoms with Gasteiger partial charge in [-0.3, -0.25) is 4.98 Å². The summed E-state index contributed by atoms with van der Waals surface area (Å²) < 4.78 is 2.28. The van der Waals surface area contributed by atoms with Crippen LogP contribution in [0.1, 0.15) is 31.5 Å². The van der Waals surface area contributed by atoms with Crippen LogP contribution in [0.25, 0.3) is 15.9 Å². The number of hydrogen-bond acceptors (Lipinski definition) is 4. The van der Waals surface area contributed by atoms with Crippen molar-refractivity contribution >= 4 is 22.7 Å². The number of hydrogen-bond donors (Lipinski definition) is 1. The predicted molar refractivity (Wildman–Crippen MR) is 108 cm³/mol. The first kappa shape index (κ1) is 17.5. The Labute approximate surface area is 159 Å². The molecule has 1 aliphatic heterocycles. The Bertz CT molecular complexity index is 968. The summed E-state index contributed by atoms with van der Waals surface area (Å²) >= 11 is 0. The summed E-state index contributed by atoms with van der Waals surface area (Å²) in [6, 6.07) is 12.6. The molecule has 0 spiro atoms. The molecule has 1 N–H and O–H groups in total. The quantitative estimate of drug-likeness (QED) is 0.720. The normalized spacial score (nSPS) is 18.4. The molecular weight excluding hydrogens is 336 g/mol. The second-order valence-corrected chi connectivity index (χ2v) is 7.07. The summed E-state index contributed by atoms with van der Waals surface area (Å²) in [7, 11) is 2.03. The van der Waals surface area contributed by atoms with E-state index in [1.54, 1.807) is 6.20 Å². The van der Waals surface area contributed by atoms with Crippen LogP contribution in [0.4, 0.5) is 11.6 Å². The van der Waals surface area contributed by atoms with Gasteiger partial charge in [0.2, 0.25) is 11.6 Å². The van der Waals surface area contributed by atoms with Crippen molar-refractivity contribution < 1.29 is 0 Å². The van der Waals surface area contributed by atoms with Gasteiger partial charge in [0.1, 0.15) is 0 Å². The highest BCUT2D eigenvalue weighted by Gasteiger charge is 2.26. The summed E-state index contributed by atoms with van der Waals surface area (Å²) in [6.07, 6.45) is 4.00. The SMILES string of the molecule is [C-]#[N+]c1ccc([C@H](C)n2c(N3CCC[C@H](NC)C3)nc3ccccc32)nc1. The van der Waals surface area contributed by atoms with E-state index in [1.807, 2.05) is 25.2 Å². The minimum atomic E-state index is 0.0298. The Kier molecular flexibility index (Phi) is 4.78. The average Bonchev–Trinajstić information content (AvgIpc) is 3.13. The number of nitrogens with zero attached hydrogens (tertiary/aromatic N) is 5.